The molecule has 0 bridgehead atoms. The molecular formula is C25H21FN6O. The van der Waals surface area contributed by atoms with Gasteiger partial charge in [-0.1, -0.05) is 12.1 Å². The summed E-state index contributed by atoms with van der Waals surface area (Å²) in [7, 11) is 0. The Morgan fingerprint density at radius 2 is 1.97 bits per heavy atom. The first kappa shape index (κ1) is 20.8. The second kappa shape index (κ2) is 8.81. The number of halogens is 1. The quantitative estimate of drug-likeness (QED) is 0.497. The van der Waals surface area contributed by atoms with Gasteiger partial charge in [0.2, 0.25) is 0 Å². The summed E-state index contributed by atoms with van der Waals surface area (Å²) >= 11 is 0. The summed E-state index contributed by atoms with van der Waals surface area (Å²) < 4.78 is 20.5. The van der Waals surface area contributed by atoms with Crippen LogP contribution >= 0.6 is 0 Å². The van der Waals surface area contributed by atoms with Crippen molar-refractivity contribution in [2.24, 2.45) is 0 Å². The maximum atomic E-state index is 15.0. The van der Waals surface area contributed by atoms with E-state index in [1.807, 2.05) is 31.2 Å². The van der Waals surface area contributed by atoms with Gasteiger partial charge in [0.15, 0.2) is 5.69 Å². The van der Waals surface area contributed by atoms with E-state index in [4.69, 9.17) is 9.72 Å². The molecule has 0 atom stereocenters. The summed E-state index contributed by atoms with van der Waals surface area (Å²) in [5, 5.41) is 13.4. The van der Waals surface area contributed by atoms with E-state index in [9.17, 15) is 5.26 Å². The highest BCUT2D eigenvalue weighted by atomic mass is 19.1. The molecule has 1 aliphatic heterocycles. The lowest BCUT2D eigenvalue weighted by molar-refractivity contribution is 0.122. The third-order valence-electron chi connectivity index (χ3n) is 5.73. The van der Waals surface area contributed by atoms with Gasteiger partial charge in [-0.05, 0) is 37.3 Å². The Bertz CT molecular complexity index is 1360. The molecule has 0 aliphatic carbocycles. The van der Waals surface area contributed by atoms with Gasteiger partial charge in [0, 0.05) is 24.8 Å². The van der Waals surface area contributed by atoms with Crippen LogP contribution in [0.3, 0.4) is 0 Å². The Kier molecular flexibility index (Phi) is 5.55. The van der Waals surface area contributed by atoms with Gasteiger partial charge in [0.25, 0.3) is 0 Å². The molecule has 4 aromatic rings. The number of nitrogens with one attached hydrogen (secondary N) is 1. The number of hydrogen-bond donors (Lipinski definition) is 1. The largest absolute Gasteiger partial charge is 0.378 e. The smallest absolute Gasteiger partial charge is 0.164 e. The second-order valence-electron chi connectivity index (χ2n) is 7.74. The van der Waals surface area contributed by atoms with Crippen LogP contribution < -0.4 is 10.2 Å². The number of hydrogen-bond acceptors (Lipinski definition) is 7. The molecule has 4 heterocycles. The maximum Gasteiger partial charge on any atom is 0.164 e. The molecule has 8 heteroatoms. The molecule has 0 saturated carbocycles. The highest BCUT2D eigenvalue weighted by molar-refractivity contribution is 5.98. The summed E-state index contributed by atoms with van der Waals surface area (Å²) in [4.78, 5) is 15.6. The SMILES string of the molecule is Cc1c(-c2ccccn2)nc2cccc(F)c2c1Nc1cc(N2CCOCC2)cnc1C#N. The normalized spacial score (nSPS) is 13.7. The van der Waals surface area contributed by atoms with Crippen LogP contribution in [0.2, 0.25) is 0 Å². The van der Waals surface area contributed by atoms with Crippen LogP contribution in [-0.2, 0) is 4.74 Å². The fraction of sp³-hybridized carbons (Fsp3) is 0.200. The Balaban J connectivity index is 1.67. The van der Waals surface area contributed by atoms with Crippen molar-refractivity contribution in [1.82, 2.24) is 15.0 Å². The van der Waals surface area contributed by atoms with Crippen molar-refractivity contribution in [3.05, 3.63) is 71.9 Å². The van der Waals surface area contributed by atoms with Crippen molar-refractivity contribution in [2.45, 2.75) is 6.92 Å². The van der Waals surface area contributed by atoms with Gasteiger partial charge < -0.3 is 15.0 Å². The molecule has 5 rings (SSSR count). The first-order valence-electron chi connectivity index (χ1n) is 10.7. The molecule has 33 heavy (non-hydrogen) atoms. The molecule has 0 unspecified atom stereocenters. The fourth-order valence-corrected chi connectivity index (χ4v) is 4.04. The first-order chi connectivity index (χ1) is 16.2. The first-order valence-corrected chi connectivity index (χ1v) is 10.7. The highest BCUT2D eigenvalue weighted by Gasteiger charge is 2.20. The number of anilines is 3. The fourth-order valence-electron chi connectivity index (χ4n) is 4.04. The van der Waals surface area contributed by atoms with Gasteiger partial charge in [-0.2, -0.15) is 5.26 Å². The van der Waals surface area contributed by atoms with E-state index in [0.717, 1.165) is 24.3 Å². The zero-order valence-electron chi connectivity index (χ0n) is 18.0. The van der Waals surface area contributed by atoms with E-state index in [-0.39, 0.29) is 5.69 Å². The minimum Gasteiger partial charge on any atom is -0.378 e. The number of fused-ring (bicyclic) bond motifs is 1. The van der Waals surface area contributed by atoms with Gasteiger partial charge >= 0.3 is 0 Å². The van der Waals surface area contributed by atoms with E-state index in [2.05, 4.69) is 26.3 Å². The number of pyridine rings is 3. The van der Waals surface area contributed by atoms with Crippen LogP contribution in [0, 0.1) is 24.1 Å². The molecule has 1 aromatic carbocycles. The number of aromatic nitrogens is 3. The van der Waals surface area contributed by atoms with Crippen LogP contribution in [0.4, 0.5) is 21.5 Å². The summed E-state index contributed by atoms with van der Waals surface area (Å²) in [6.45, 7) is 4.62. The molecule has 0 radical (unpaired) electrons. The monoisotopic (exact) mass is 440 g/mol. The molecule has 1 aliphatic rings. The van der Waals surface area contributed by atoms with Gasteiger partial charge in [-0.15, -0.1) is 0 Å². The molecule has 3 aromatic heterocycles. The van der Waals surface area contributed by atoms with Crippen LogP contribution in [0.15, 0.2) is 54.9 Å². The Morgan fingerprint density at radius 1 is 1.12 bits per heavy atom. The van der Waals surface area contributed by atoms with E-state index < -0.39 is 5.82 Å². The Morgan fingerprint density at radius 3 is 2.73 bits per heavy atom. The second-order valence-corrected chi connectivity index (χ2v) is 7.74. The average molecular weight is 440 g/mol. The number of ether oxygens (including phenoxy) is 1. The predicted molar refractivity (Wildman–Crippen MR) is 125 cm³/mol. The number of morpholine rings is 1. The van der Waals surface area contributed by atoms with Crippen molar-refractivity contribution >= 4 is 28.0 Å². The maximum absolute atomic E-state index is 15.0. The predicted octanol–water partition coefficient (Wildman–Crippen LogP) is 4.59. The van der Waals surface area contributed by atoms with Crippen LogP contribution in [0.1, 0.15) is 11.3 Å². The molecule has 164 valence electrons. The molecule has 7 nitrogen and oxygen atoms in total. The van der Waals surface area contributed by atoms with Crippen LogP contribution in [0.25, 0.3) is 22.3 Å². The molecule has 0 spiro atoms. The average Bonchev–Trinajstić information content (AvgIpc) is 2.86. The molecule has 1 saturated heterocycles. The topological polar surface area (TPSA) is 87.0 Å². The van der Waals surface area contributed by atoms with Crippen molar-refractivity contribution < 1.29 is 9.13 Å². The number of nitriles is 1. The minimum absolute atomic E-state index is 0.229. The van der Waals surface area contributed by atoms with Crippen LogP contribution in [0.5, 0.6) is 0 Å². The third kappa shape index (κ3) is 3.95. The van der Waals surface area contributed by atoms with Crippen molar-refractivity contribution in [2.75, 3.05) is 36.5 Å². The van der Waals surface area contributed by atoms with Crippen LogP contribution in [-0.4, -0.2) is 41.3 Å². The highest BCUT2D eigenvalue weighted by Crippen LogP contribution is 2.37. The Hall–Kier alpha value is -4.09. The molecular weight excluding hydrogens is 419 g/mol. The van der Waals surface area contributed by atoms with Crippen molar-refractivity contribution in [3.8, 4) is 17.5 Å². The van der Waals surface area contributed by atoms with Gasteiger partial charge in [-0.3, -0.25) is 4.98 Å². The van der Waals surface area contributed by atoms with E-state index in [0.29, 0.717) is 46.9 Å². The lowest BCUT2D eigenvalue weighted by Gasteiger charge is -2.29. The van der Waals surface area contributed by atoms with Crippen molar-refractivity contribution in [3.63, 3.8) is 0 Å². The number of benzene rings is 1. The summed E-state index contributed by atoms with van der Waals surface area (Å²) in [5.74, 6) is -0.394. The van der Waals surface area contributed by atoms with E-state index in [1.54, 1.807) is 24.5 Å². The number of nitrogens with zero attached hydrogens (tertiary/aromatic N) is 5. The minimum atomic E-state index is -0.394. The summed E-state index contributed by atoms with van der Waals surface area (Å²) in [5.41, 5.74) is 4.71. The zero-order chi connectivity index (χ0) is 22.8. The molecule has 0 amide bonds. The van der Waals surface area contributed by atoms with Gasteiger partial charge in [0.1, 0.15) is 11.9 Å². The lowest BCUT2D eigenvalue weighted by atomic mass is 10.0. The molecule has 1 fully saturated rings. The summed E-state index contributed by atoms with van der Waals surface area (Å²) in [6, 6.07) is 14.4. The van der Waals surface area contributed by atoms with Gasteiger partial charge in [0.05, 0.1) is 58.8 Å². The lowest BCUT2D eigenvalue weighted by Crippen LogP contribution is -2.36. The Labute approximate surface area is 190 Å². The zero-order valence-corrected chi connectivity index (χ0v) is 18.0. The molecule has 1 N–H and O–H groups in total. The standard InChI is InChI=1S/C25H21FN6O/c1-16-24(20-6-2-3-8-28-20)30-19-7-4-5-18(26)23(19)25(16)31-21-13-17(15-29-22(21)14-27)32-9-11-33-12-10-32/h2-8,13,15H,9-12H2,1H3,(H,30,31). The van der Waals surface area contributed by atoms with Crippen molar-refractivity contribution in [1.29, 1.82) is 5.26 Å². The van der Waals surface area contributed by atoms with E-state index >= 15 is 4.39 Å². The summed E-state index contributed by atoms with van der Waals surface area (Å²) in [6.07, 6.45) is 3.38. The number of rotatable bonds is 4. The third-order valence-corrected chi connectivity index (χ3v) is 5.73. The van der Waals surface area contributed by atoms with E-state index in [1.165, 1.54) is 6.07 Å². The van der Waals surface area contributed by atoms with Gasteiger partial charge in [-0.25, -0.2) is 14.4 Å².